The molecular formula is C28H38ClN3O4S. The standard InChI is InChI=1S/C28H38ClN3O4S/c1-4-7-27(33)30-17-14-25(15-18-30)32(20-23-8-6-9-24(29)19-23)28(34)21-31(16-5-2)37(35,36)26-12-10-22(3)11-13-26/h6,8-13,19,25H,4-5,7,14-18,20-21H2,1-3H3. The zero-order chi connectivity index (χ0) is 27.0. The van der Waals surface area contributed by atoms with Crippen LogP contribution in [0.15, 0.2) is 53.4 Å². The van der Waals surface area contributed by atoms with E-state index in [1.165, 1.54) is 4.31 Å². The van der Waals surface area contributed by atoms with Gasteiger partial charge in [0.1, 0.15) is 0 Å². The van der Waals surface area contributed by atoms with Crippen LogP contribution in [0.25, 0.3) is 0 Å². The van der Waals surface area contributed by atoms with Crippen molar-refractivity contribution >= 4 is 33.4 Å². The van der Waals surface area contributed by atoms with Crippen molar-refractivity contribution in [2.75, 3.05) is 26.2 Å². The van der Waals surface area contributed by atoms with E-state index in [9.17, 15) is 18.0 Å². The van der Waals surface area contributed by atoms with E-state index in [4.69, 9.17) is 11.6 Å². The van der Waals surface area contributed by atoms with Crippen LogP contribution in [0.5, 0.6) is 0 Å². The van der Waals surface area contributed by atoms with E-state index in [2.05, 4.69) is 0 Å². The van der Waals surface area contributed by atoms with Gasteiger partial charge >= 0.3 is 0 Å². The number of piperidine rings is 1. The fraction of sp³-hybridized carbons (Fsp3) is 0.500. The smallest absolute Gasteiger partial charge is 0.243 e. The first kappa shape index (κ1) is 29.1. The first-order valence-electron chi connectivity index (χ1n) is 13.0. The molecule has 37 heavy (non-hydrogen) atoms. The lowest BCUT2D eigenvalue weighted by atomic mass is 10.0. The number of aryl methyl sites for hydroxylation is 1. The predicted molar refractivity (Wildman–Crippen MR) is 147 cm³/mol. The summed E-state index contributed by atoms with van der Waals surface area (Å²) in [6.07, 6.45) is 3.23. The van der Waals surface area contributed by atoms with Crippen molar-refractivity contribution in [2.24, 2.45) is 0 Å². The summed E-state index contributed by atoms with van der Waals surface area (Å²) in [5.41, 5.74) is 1.85. The third-order valence-corrected chi connectivity index (χ3v) is 8.82. The van der Waals surface area contributed by atoms with Crippen molar-refractivity contribution in [2.45, 2.75) is 70.4 Å². The van der Waals surface area contributed by atoms with Gasteiger partial charge in [0.25, 0.3) is 0 Å². The normalized spacial score (nSPS) is 14.7. The number of carbonyl (C=O) groups is 2. The Balaban J connectivity index is 1.83. The topological polar surface area (TPSA) is 78.0 Å². The summed E-state index contributed by atoms with van der Waals surface area (Å²) in [5, 5.41) is 0.583. The fourth-order valence-electron chi connectivity index (χ4n) is 4.69. The van der Waals surface area contributed by atoms with Gasteiger partial charge in [0, 0.05) is 43.7 Å². The molecule has 1 heterocycles. The molecule has 0 aliphatic carbocycles. The highest BCUT2D eigenvalue weighted by molar-refractivity contribution is 7.89. The monoisotopic (exact) mass is 547 g/mol. The third kappa shape index (κ3) is 7.79. The van der Waals surface area contributed by atoms with Gasteiger partial charge in [-0.15, -0.1) is 0 Å². The fourth-order valence-corrected chi connectivity index (χ4v) is 6.38. The van der Waals surface area contributed by atoms with E-state index >= 15 is 0 Å². The van der Waals surface area contributed by atoms with Crippen LogP contribution in [-0.4, -0.2) is 66.6 Å². The molecule has 0 N–H and O–H groups in total. The summed E-state index contributed by atoms with van der Waals surface area (Å²) in [7, 11) is -3.83. The highest BCUT2D eigenvalue weighted by Gasteiger charge is 2.33. The predicted octanol–water partition coefficient (Wildman–Crippen LogP) is 4.87. The van der Waals surface area contributed by atoms with E-state index in [1.807, 2.05) is 43.9 Å². The average molecular weight is 548 g/mol. The van der Waals surface area contributed by atoms with Gasteiger partial charge < -0.3 is 9.80 Å². The van der Waals surface area contributed by atoms with Crippen LogP contribution in [0.1, 0.15) is 57.1 Å². The summed E-state index contributed by atoms with van der Waals surface area (Å²) in [6.45, 7) is 7.30. The minimum atomic E-state index is -3.83. The summed E-state index contributed by atoms with van der Waals surface area (Å²) in [5.74, 6) is -0.102. The number of rotatable bonds is 11. The molecule has 0 atom stereocenters. The first-order valence-corrected chi connectivity index (χ1v) is 14.9. The Hall–Kier alpha value is -2.42. The van der Waals surface area contributed by atoms with Gasteiger partial charge in [-0.3, -0.25) is 9.59 Å². The van der Waals surface area contributed by atoms with E-state index in [-0.39, 0.29) is 35.8 Å². The van der Waals surface area contributed by atoms with Crippen LogP contribution in [0, 0.1) is 6.92 Å². The second kappa shape index (κ2) is 13.4. The molecule has 2 amide bonds. The Labute approximate surface area is 226 Å². The lowest BCUT2D eigenvalue weighted by molar-refractivity contribution is -0.137. The van der Waals surface area contributed by atoms with Gasteiger partial charge in [-0.05, 0) is 62.4 Å². The molecule has 3 rings (SSSR count). The minimum Gasteiger partial charge on any atom is -0.343 e. The van der Waals surface area contributed by atoms with E-state index < -0.39 is 10.0 Å². The molecule has 2 aromatic carbocycles. The molecule has 1 fully saturated rings. The van der Waals surface area contributed by atoms with Crippen molar-refractivity contribution in [1.29, 1.82) is 0 Å². The average Bonchev–Trinajstić information content (AvgIpc) is 2.87. The van der Waals surface area contributed by atoms with Gasteiger partial charge in [-0.2, -0.15) is 4.31 Å². The maximum atomic E-state index is 13.8. The molecule has 1 aliphatic heterocycles. The van der Waals surface area contributed by atoms with Crippen LogP contribution in [0.3, 0.4) is 0 Å². The lowest BCUT2D eigenvalue weighted by Crippen LogP contribution is -2.51. The molecule has 1 aliphatic rings. The Morgan fingerprint density at radius 1 is 1.03 bits per heavy atom. The van der Waals surface area contributed by atoms with Crippen LogP contribution in [-0.2, 0) is 26.2 Å². The number of likely N-dealkylation sites (tertiary alicyclic amines) is 1. The van der Waals surface area contributed by atoms with Crippen LogP contribution in [0.2, 0.25) is 5.02 Å². The van der Waals surface area contributed by atoms with Crippen LogP contribution in [0.4, 0.5) is 0 Å². The number of sulfonamides is 1. The number of hydrogen-bond acceptors (Lipinski definition) is 4. The second-order valence-electron chi connectivity index (χ2n) is 9.67. The third-order valence-electron chi connectivity index (χ3n) is 6.73. The van der Waals surface area contributed by atoms with Gasteiger partial charge in [0.15, 0.2) is 0 Å². The number of halogens is 1. The maximum absolute atomic E-state index is 13.8. The summed E-state index contributed by atoms with van der Waals surface area (Å²) < 4.78 is 28.2. The second-order valence-corrected chi connectivity index (χ2v) is 12.0. The largest absolute Gasteiger partial charge is 0.343 e. The van der Waals surface area contributed by atoms with Crippen LogP contribution < -0.4 is 0 Å². The van der Waals surface area contributed by atoms with Gasteiger partial charge in [0.2, 0.25) is 21.8 Å². The summed E-state index contributed by atoms with van der Waals surface area (Å²) in [4.78, 5) is 30.0. The molecule has 0 unspecified atom stereocenters. The molecule has 202 valence electrons. The Morgan fingerprint density at radius 3 is 2.30 bits per heavy atom. The lowest BCUT2D eigenvalue weighted by Gasteiger charge is -2.39. The zero-order valence-corrected chi connectivity index (χ0v) is 23.6. The molecule has 0 bridgehead atoms. The highest BCUT2D eigenvalue weighted by atomic mass is 35.5. The summed E-state index contributed by atoms with van der Waals surface area (Å²) in [6, 6.07) is 14.0. The molecule has 2 aromatic rings. The molecule has 0 spiro atoms. The number of nitrogens with zero attached hydrogens (tertiary/aromatic N) is 3. The Bertz CT molecular complexity index is 1160. The van der Waals surface area contributed by atoms with Gasteiger partial charge in [0.05, 0.1) is 11.4 Å². The SMILES string of the molecule is CCCC(=O)N1CCC(N(Cc2cccc(Cl)c2)C(=O)CN(CCC)S(=O)(=O)c2ccc(C)cc2)CC1. The zero-order valence-electron chi connectivity index (χ0n) is 22.0. The minimum absolute atomic E-state index is 0.0947. The van der Waals surface area contributed by atoms with E-state index in [0.717, 1.165) is 17.5 Å². The van der Waals surface area contributed by atoms with Crippen LogP contribution >= 0.6 is 11.6 Å². The number of carbonyl (C=O) groups excluding carboxylic acids is 2. The van der Waals surface area contributed by atoms with E-state index in [0.29, 0.717) is 50.3 Å². The van der Waals surface area contributed by atoms with Crippen molar-refractivity contribution in [3.05, 3.63) is 64.7 Å². The Kier molecular flexibility index (Phi) is 10.6. The van der Waals surface area contributed by atoms with E-state index in [1.54, 1.807) is 35.2 Å². The van der Waals surface area contributed by atoms with Crippen molar-refractivity contribution in [3.8, 4) is 0 Å². The number of hydrogen-bond donors (Lipinski definition) is 0. The maximum Gasteiger partial charge on any atom is 0.243 e. The molecule has 9 heteroatoms. The quantitative estimate of drug-likeness (QED) is 0.402. The van der Waals surface area contributed by atoms with Gasteiger partial charge in [-0.25, -0.2) is 8.42 Å². The Morgan fingerprint density at radius 2 is 1.70 bits per heavy atom. The number of benzene rings is 2. The van der Waals surface area contributed by atoms with Crippen molar-refractivity contribution in [3.63, 3.8) is 0 Å². The summed E-state index contributed by atoms with van der Waals surface area (Å²) >= 11 is 6.21. The molecular weight excluding hydrogens is 510 g/mol. The number of amides is 2. The molecule has 7 nitrogen and oxygen atoms in total. The highest BCUT2D eigenvalue weighted by Crippen LogP contribution is 2.23. The van der Waals surface area contributed by atoms with Crippen molar-refractivity contribution in [1.82, 2.24) is 14.1 Å². The molecule has 0 saturated carbocycles. The molecule has 0 aromatic heterocycles. The first-order chi connectivity index (χ1) is 17.6. The van der Waals surface area contributed by atoms with Crippen molar-refractivity contribution < 1.29 is 18.0 Å². The van der Waals surface area contributed by atoms with Gasteiger partial charge in [-0.1, -0.05) is 55.3 Å². The molecule has 1 saturated heterocycles. The molecule has 0 radical (unpaired) electrons.